The number of carbonyl (C=O) groups excluding carboxylic acids is 1. The van der Waals surface area contributed by atoms with Crippen LogP contribution >= 0.6 is 11.6 Å². The van der Waals surface area contributed by atoms with Crippen molar-refractivity contribution in [3.63, 3.8) is 0 Å². The lowest BCUT2D eigenvalue weighted by Crippen LogP contribution is -2.30. The molecule has 1 N–H and O–H groups in total. The monoisotopic (exact) mass is 279 g/mol. The third-order valence-corrected chi connectivity index (χ3v) is 4.61. The van der Waals surface area contributed by atoms with Gasteiger partial charge in [-0.05, 0) is 30.4 Å². The van der Waals surface area contributed by atoms with Gasteiger partial charge in [0, 0.05) is 36.6 Å². The van der Waals surface area contributed by atoms with Crippen molar-refractivity contribution in [2.75, 3.05) is 19.7 Å². The van der Waals surface area contributed by atoms with Gasteiger partial charge in [-0.2, -0.15) is 0 Å². The Morgan fingerprint density at radius 2 is 2.21 bits per heavy atom. The zero-order valence-electron chi connectivity index (χ0n) is 10.8. The Balaban J connectivity index is 1.64. The standard InChI is InChI=1S/C15H18ClNO2/c16-14-4-2-1-3-11(14)12-7-13(12)15(19)17-6-5-10(8-17)9-18/h1-4,10,12-13,18H,5-9H2. The summed E-state index contributed by atoms with van der Waals surface area (Å²) >= 11 is 6.18. The minimum absolute atomic E-state index is 0.0948. The molecule has 0 aromatic heterocycles. The fourth-order valence-electron chi connectivity index (χ4n) is 3.00. The second-order valence-electron chi connectivity index (χ2n) is 5.59. The van der Waals surface area contributed by atoms with Crippen molar-refractivity contribution in [2.24, 2.45) is 11.8 Å². The summed E-state index contributed by atoms with van der Waals surface area (Å²) in [6.07, 6.45) is 1.83. The third kappa shape index (κ3) is 2.49. The lowest BCUT2D eigenvalue weighted by Gasteiger charge is -2.16. The molecule has 1 amide bonds. The lowest BCUT2D eigenvalue weighted by molar-refractivity contribution is -0.131. The minimum atomic E-state index is 0.0948. The second kappa shape index (κ2) is 5.14. The summed E-state index contributed by atoms with van der Waals surface area (Å²) in [5, 5.41) is 9.89. The van der Waals surface area contributed by atoms with Gasteiger partial charge in [0.05, 0.1) is 0 Å². The van der Waals surface area contributed by atoms with Gasteiger partial charge in [0.15, 0.2) is 0 Å². The van der Waals surface area contributed by atoms with Crippen molar-refractivity contribution in [1.82, 2.24) is 4.90 Å². The molecule has 3 rings (SSSR count). The van der Waals surface area contributed by atoms with Crippen molar-refractivity contribution >= 4 is 17.5 Å². The summed E-state index contributed by atoms with van der Waals surface area (Å²) in [7, 11) is 0. The van der Waals surface area contributed by atoms with Gasteiger partial charge < -0.3 is 10.0 Å². The molecule has 0 spiro atoms. The van der Waals surface area contributed by atoms with Crippen molar-refractivity contribution in [2.45, 2.75) is 18.8 Å². The highest BCUT2D eigenvalue weighted by molar-refractivity contribution is 6.31. The Bertz CT molecular complexity index is 491. The van der Waals surface area contributed by atoms with Crippen molar-refractivity contribution in [3.8, 4) is 0 Å². The van der Waals surface area contributed by atoms with E-state index in [-0.39, 0.29) is 30.3 Å². The minimum Gasteiger partial charge on any atom is -0.396 e. The first-order valence-electron chi connectivity index (χ1n) is 6.84. The van der Waals surface area contributed by atoms with Crippen LogP contribution in [-0.2, 0) is 4.79 Å². The van der Waals surface area contributed by atoms with Crippen LogP contribution in [0.5, 0.6) is 0 Å². The number of amides is 1. The Morgan fingerprint density at radius 3 is 2.89 bits per heavy atom. The zero-order chi connectivity index (χ0) is 13.4. The van der Waals surface area contributed by atoms with Gasteiger partial charge in [-0.1, -0.05) is 29.8 Å². The maximum Gasteiger partial charge on any atom is 0.226 e. The van der Waals surface area contributed by atoms with E-state index in [9.17, 15) is 4.79 Å². The summed E-state index contributed by atoms with van der Waals surface area (Å²) in [6, 6.07) is 7.78. The molecule has 19 heavy (non-hydrogen) atoms. The van der Waals surface area contributed by atoms with Gasteiger partial charge in [-0.15, -0.1) is 0 Å². The topological polar surface area (TPSA) is 40.5 Å². The number of carbonyl (C=O) groups is 1. The number of aliphatic hydroxyl groups excluding tert-OH is 1. The largest absolute Gasteiger partial charge is 0.396 e. The maximum atomic E-state index is 12.4. The normalized spacial score (nSPS) is 29.6. The van der Waals surface area contributed by atoms with Crippen LogP contribution in [0, 0.1) is 11.8 Å². The predicted octanol–water partition coefficient (Wildman–Crippen LogP) is 2.28. The Hall–Kier alpha value is -1.06. The van der Waals surface area contributed by atoms with E-state index in [0.29, 0.717) is 6.54 Å². The van der Waals surface area contributed by atoms with Gasteiger partial charge in [0.2, 0.25) is 5.91 Å². The zero-order valence-corrected chi connectivity index (χ0v) is 11.5. The fraction of sp³-hybridized carbons (Fsp3) is 0.533. The van der Waals surface area contributed by atoms with Crippen LogP contribution in [0.15, 0.2) is 24.3 Å². The molecule has 2 aliphatic rings. The Labute approximate surface area is 118 Å². The predicted molar refractivity (Wildman–Crippen MR) is 74.1 cm³/mol. The smallest absolute Gasteiger partial charge is 0.226 e. The number of likely N-dealkylation sites (tertiary alicyclic amines) is 1. The van der Waals surface area contributed by atoms with Crippen LogP contribution in [0.1, 0.15) is 24.3 Å². The summed E-state index contributed by atoms with van der Waals surface area (Å²) in [5.41, 5.74) is 1.10. The van der Waals surface area contributed by atoms with Crippen LogP contribution in [0.25, 0.3) is 0 Å². The van der Waals surface area contributed by atoms with Gasteiger partial charge in [0.25, 0.3) is 0 Å². The molecule has 1 aliphatic carbocycles. The number of rotatable bonds is 3. The first kappa shape index (κ1) is 12.9. The van der Waals surface area contributed by atoms with Crippen molar-refractivity contribution in [1.29, 1.82) is 0 Å². The van der Waals surface area contributed by atoms with E-state index in [1.54, 1.807) is 0 Å². The fourth-order valence-corrected chi connectivity index (χ4v) is 3.28. The van der Waals surface area contributed by atoms with Crippen LogP contribution in [0.2, 0.25) is 5.02 Å². The van der Waals surface area contributed by atoms with Crippen LogP contribution in [0.4, 0.5) is 0 Å². The quantitative estimate of drug-likeness (QED) is 0.922. The van der Waals surface area contributed by atoms with Crippen LogP contribution < -0.4 is 0 Å². The molecule has 1 aromatic rings. The summed E-state index contributed by atoms with van der Waals surface area (Å²) < 4.78 is 0. The Morgan fingerprint density at radius 1 is 1.42 bits per heavy atom. The summed E-state index contributed by atoms with van der Waals surface area (Å²) in [4.78, 5) is 14.3. The molecule has 1 aromatic carbocycles. The van der Waals surface area contributed by atoms with E-state index in [4.69, 9.17) is 16.7 Å². The molecule has 3 atom stereocenters. The van der Waals surface area contributed by atoms with E-state index in [1.165, 1.54) is 0 Å². The molecule has 0 bridgehead atoms. The van der Waals surface area contributed by atoms with Crippen LogP contribution in [0.3, 0.4) is 0 Å². The summed E-state index contributed by atoms with van der Waals surface area (Å²) in [5.74, 6) is 0.883. The number of hydrogen-bond donors (Lipinski definition) is 1. The number of benzene rings is 1. The molecule has 1 heterocycles. The molecule has 1 saturated carbocycles. The first-order chi connectivity index (χ1) is 9.20. The SMILES string of the molecule is O=C(C1CC1c1ccccc1Cl)N1CCC(CO)C1. The number of aliphatic hydroxyl groups is 1. The highest BCUT2D eigenvalue weighted by atomic mass is 35.5. The third-order valence-electron chi connectivity index (χ3n) is 4.27. The highest BCUT2D eigenvalue weighted by Gasteiger charge is 2.47. The van der Waals surface area contributed by atoms with E-state index in [1.807, 2.05) is 29.2 Å². The average Bonchev–Trinajstić information content (AvgIpc) is 3.07. The molecule has 3 nitrogen and oxygen atoms in total. The number of halogens is 1. The molecule has 3 unspecified atom stereocenters. The molecule has 4 heteroatoms. The Kier molecular flexibility index (Phi) is 3.50. The van der Waals surface area contributed by atoms with E-state index in [0.717, 1.165) is 30.0 Å². The van der Waals surface area contributed by atoms with Gasteiger partial charge in [-0.25, -0.2) is 0 Å². The van der Waals surface area contributed by atoms with Gasteiger partial charge in [0.1, 0.15) is 0 Å². The highest BCUT2D eigenvalue weighted by Crippen LogP contribution is 2.50. The molecular formula is C15H18ClNO2. The second-order valence-corrected chi connectivity index (χ2v) is 6.00. The molecule has 102 valence electrons. The van der Waals surface area contributed by atoms with E-state index >= 15 is 0 Å². The first-order valence-corrected chi connectivity index (χ1v) is 7.22. The molecule has 1 aliphatic heterocycles. The maximum absolute atomic E-state index is 12.4. The lowest BCUT2D eigenvalue weighted by atomic mass is 10.1. The van der Waals surface area contributed by atoms with Gasteiger partial charge >= 0.3 is 0 Å². The van der Waals surface area contributed by atoms with Crippen molar-refractivity contribution < 1.29 is 9.90 Å². The molecular weight excluding hydrogens is 262 g/mol. The molecule has 1 saturated heterocycles. The number of nitrogens with zero attached hydrogens (tertiary/aromatic N) is 1. The summed E-state index contributed by atoms with van der Waals surface area (Å²) in [6.45, 7) is 1.68. The molecule has 2 fully saturated rings. The van der Waals surface area contributed by atoms with E-state index in [2.05, 4.69) is 0 Å². The number of hydrogen-bond acceptors (Lipinski definition) is 2. The van der Waals surface area contributed by atoms with Crippen molar-refractivity contribution in [3.05, 3.63) is 34.9 Å². The van der Waals surface area contributed by atoms with Crippen LogP contribution in [-0.4, -0.2) is 35.6 Å². The van der Waals surface area contributed by atoms with E-state index < -0.39 is 0 Å². The van der Waals surface area contributed by atoms with Gasteiger partial charge in [-0.3, -0.25) is 4.79 Å². The average molecular weight is 280 g/mol. The molecule has 0 radical (unpaired) electrons.